The number of ether oxygens (including phenoxy) is 1. The molecule has 0 spiro atoms. The Morgan fingerprint density at radius 2 is 1.89 bits per heavy atom. The van der Waals surface area contributed by atoms with Crippen LogP contribution >= 0.6 is 11.6 Å². The summed E-state index contributed by atoms with van der Waals surface area (Å²) in [5, 5.41) is 9.54. The molecule has 0 bridgehead atoms. The predicted molar refractivity (Wildman–Crippen MR) is 124 cm³/mol. The number of rotatable bonds is 4. The van der Waals surface area contributed by atoms with Gasteiger partial charge in [-0.1, -0.05) is 11.6 Å². The number of hydrogen-bond donors (Lipinski definition) is 0. The Morgan fingerprint density at radius 3 is 2.60 bits per heavy atom. The molecular formula is C24H24ClF3N6O. The van der Waals surface area contributed by atoms with E-state index in [1.165, 1.54) is 19.4 Å². The van der Waals surface area contributed by atoms with Crippen LogP contribution in [0.1, 0.15) is 42.4 Å². The first-order valence-corrected chi connectivity index (χ1v) is 12.0. The monoisotopic (exact) mass is 504 g/mol. The smallest absolute Gasteiger partial charge is 0.265 e. The Balaban J connectivity index is 1.29. The highest BCUT2D eigenvalue weighted by Crippen LogP contribution is 2.48. The van der Waals surface area contributed by atoms with E-state index in [0.29, 0.717) is 48.6 Å². The minimum absolute atomic E-state index is 0.122. The van der Waals surface area contributed by atoms with Crippen LogP contribution in [0.15, 0.2) is 30.5 Å². The van der Waals surface area contributed by atoms with Crippen molar-refractivity contribution >= 4 is 17.4 Å². The number of aromatic nitrogens is 4. The van der Waals surface area contributed by atoms with Gasteiger partial charge in [0.05, 0.1) is 31.6 Å². The second-order valence-corrected chi connectivity index (χ2v) is 9.85. The lowest BCUT2D eigenvalue weighted by molar-refractivity contribution is 0.0663. The van der Waals surface area contributed by atoms with E-state index < -0.39 is 17.8 Å². The molecule has 4 heterocycles. The number of halogens is 4. The molecular weight excluding hydrogens is 481 g/mol. The standard InChI is InChI=1S/C24H24ClF3N6O/c1-35-19-9-17(26)11-29-23(19)32-6-4-14(5-7-32)22-31-30-21-13-33(20-10-24(20,27)28)12-15-8-16(25)2-3-18(15)34(21)22/h2-3,8-9,11,14,20H,4-7,10,12-13H2,1H3. The summed E-state index contributed by atoms with van der Waals surface area (Å²) < 4.78 is 48.8. The SMILES string of the molecule is COc1cc(F)cnc1N1CCC(c2nnc3n2-c2ccc(Cl)cc2CN(C2CC2(F)F)C3)CC1. The average Bonchev–Trinajstić information content (AvgIpc) is 3.35. The van der Waals surface area contributed by atoms with Gasteiger partial charge in [-0.2, -0.15) is 0 Å². The van der Waals surface area contributed by atoms with Crippen molar-refractivity contribution < 1.29 is 17.9 Å². The van der Waals surface area contributed by atoms with E-state index in [1.54, 1.807) is 4.90 Å². The van der Waals surface area contributed by atoms with E-state index in [1.807, 2.05) is 22.8 Å². The summed E-state index contributed by atoms with van der Waals surface area (Å²) >= 11 is 6.27. The Hall–Kier alpha value is -2.85. The lowest BCUT2D eigenvalue weighted by Gasteiger charge is -2.33. The maximum Gasteiger partial charge on any atom is 0.265 e. The summed E-state index contributed by atoms with van der Waals surface area (Å²) in [6.07, 6.45) is 2.63. The predicted octanol–water partition coefficient (Wildman–Crippen LogP) is 4.57. The van der Waals surface area contributed by atoms with E-state index in [9.17, 15) is 13.2 Å². The van der Waals surface area contributed by atoms with Crippen molar-refractivity contribution in [2.45, 2.75) is 50.2 Å². The minimum Gasteiger partial charge on any atom is -0.493 e. The zero-order valence-corrected chi connectivity index (χ0v) is 19.9. The molecule has 7 nitrogen and oxygen atoms in total. The molecule has 1 saturated carbocycles. The van der Waals surface area contributed by atoms with E-state index >= 15 is 0 Å². The molecule has 35 heavy (non-hydrogen) atoms. The van der Waals surface area contributed by atoms with Gasteiger partial charge in [0.25, 0.3) is 5.92 Å². The van der Waals surface area contributed by atoms with Gasteiger partial charge in [0.1, 0.15) is 11.6 Å². The molecule has 2 aliphatic heterocycles. The molecule has 2 aromatic heterocycles. The Morgan fingerprint density at radius 1 is 1.11 bits per heavy atom. The quantitative estimate of drug-likeness (QED) is 0.519. The van der Waals surface area contributed by atoms with Crippen LogP contribution in [0.25, 0.3) is 5.69 Å². The zero-order chi connectivity index (χ0) is 24.3. The summed E-state index contributed by atoms with van der Waals surface area (Å²) in [4.78, 5) is 8.10. The fraction of sp³-hybridized carbons (Fsp3) is 0.458. The minimum atomic E-state index is -2.67. The maximum absolute atomic E-state index is 13.9. The highest BCUT2D eigenvalue weighted by molar-refractivity contribution is 6.30. The van der Waals surface area contributed by atoms with E-state index in [4.69, 9.17) is 16.3 Å². The van der Waals surface area contributed by atoms with Crippen molar-refractivity contribution in [2.75, 3.05) is 25.1 Å². The average molecular weight is 505 g/mol. The number of benzene rings is 1. The lowest BCUT2D eigenvalue weighted by Crippen LogP contribution is -2.34. The van der Waals surface area contributed by atoms with Crippen LogP contribution < -0.4 is 9.64 Å². The van der Waals surface area contributed by atoms with Crippen molar-refractivity contribution in [1.29, 1.82) is 0 Å². The normalized spacial score (nSPS) is 21.9. The van der Waals surface area contributed by atoms with Crippen LogP contribution in [0.2, 0.25) is 5.02 Å². The largest absolute Gasteiger partial charge is 0.493 e. The van der Waals surface area contributed by atoms with Crippen LogP contribution in [0.3, 0.4) is 0 Å². The van der Waals surface area contributed by atoms with Crippen molar-refractivity contribution in [1.82, 2.24) is 24.6 Å². The molecule has 11 heteroatoms. The van der Waals surface area contributed by atoms with Gasteiger partial charge in [0.2, 0.25) is 0 Å². The third-order valence-corrected chi connectivity index (χ3v) is 7.40. The Labute approximate surface area is 205 Å². The van der Waals surface area contributed by atoms with Gasteiger partial charge in [0.15, 0.2) is 17.4 Å². The number of piperidine rings is 1. The van der Waals surface area contributed by atoms with Crippen molar-refractivity contribution in [2.24, 2.45) is 0 Å². The number of hydrogen-bond acceptors (Lipinski definition) is 6. The van der Waals surface area contributed by atoms with Gasteiger partial charge < -0.3 is 9.64 Å². The van der Waals surface area contributed by atoms with Gasteiger partial charge in [-0.3, -0.25) is 9.47 Å². The third kappa shape index (κ3) is 4.02. The van der Waals surface area contributed by atoms with Crippen LogP contribution in [-0.4, -0.2) is 56.8 Å². The number of nitrogens with zero attached hydrogens (tertiary/aromatic N) is 6. The second kappa shape index (κ2) is 8.37. The first-order valence-electron chi connectivity index (χ1n) is 11.6. The highest BCUT2D eigenvalue weighted by Gasteiger charge is 2.60. The van der Waals surface area contributed by atoms with Crippen molar-refractivity contribution in [3.63, 3.8) is 0 Å². The van der Waals surface area contributed by atoms with Gasteiger partial charge in [0, 0.05) is 43.1 Å². The first-order chi connectivity index (χ1) is 16.8. The molecule has 0 amide bonds. The van der Waals surface area contributed by atoms with E-state index in [0.717, 1.165) is 29.9 Å². The van der Waals surface area contributed by atoms with Crippen molar-refractivity contribution in [3.05, 3.63) is 58.5 Å². The molecule has 1 atom stereocenters. The second-order valence-electron chi connectivity index (χ2n) is 9.41. The molecule has 6 rings (SSSR count). The number of methoxy groups -OCH3 is 1. The number of pyridine rings is 1. The first kappa shape index (κ1) is 22.6. The molecule has 3 aliphatic rings. The molecule has 1 unspecified atom stereocenters. The van der Waals surface area contributed by atoms with Crippen LogP contribution in [-0.2, 0) is 13.1 Å². The highest BCUT2D eigenvalue weighted by atomic mass is 35.5. The van der Waals surface area contributed by atoms with Gasteiger partial charge in [-0.25, -0.2) is 18.2 Å². The van der Waals surface area contributed by atoms with E-state index in [-0.39, 0.29) is 12.3 Å². The fourth-order valence-corrected chi connectivity index (χ4v) is 5.48. The summed E-state index contributed by atoms with van der Waals surface area (Å²) in [5.74, 6) is -0.477. The van der Waals surface area contributed by atoms with Gasteiger partial charge in [-0.15, -0.1) is 10.2 Å². The molecule has 2 fully saturated rings. The van der Waals surface area contributed by atoms with E-state index in [2.05, 4.69) is 20.1 Å². The lowest BCUT2D eigenvalue weighted by atomic mass is 9.95. The molecule has 1 aromatic carbocycles. The van der Waals surface area contributed by atoms with Crippen LogP contribution in [0, 0.1) is 5.82 Å². The fourth-order valence-electron chi connectivity index (χ4n) is 5.28. The van der Waals surface area contributed by atoms with Gasteiger partial charge in [-0.05, 0) is 36.6 Å². The molecule has 0 N–H and O–H groups in total. The van der Waals surface area contributed by atoms with Crippen LogP contribution in [0.4, 0.5) is 19.0 Å². The number of alkyl halides is 2. The molecule has 184 valence electrons. The third-order valence-electron chi connectivity index (χ3n) is 7.17. The number of anilines is 1. The maximum atomic E-state index is 13.9. The topological polar surface area (TPSA) is 59.3 Å². The summed E-state index contributed by atoms with van der Waals surface area (Å²) in [7, 11) is 1.50. The Kier molecular flexibility index (Phi) is 5.41. The summed E-state index contributed by atoms with van der Waals surface area (Å²) in [6, 6.07) is 6.13. The zero-order valence-electron chi connectivity index (χ0n) is 19.1. The molecule has 3 aromatic rings. The molecule has 0 radical (unpaired) electrons. The summed E-state index contributed by atoms with van der Waals surface area (Å²) in [5.41, 5.74) is 1.78. The molecule has 1 saturated heterocycles. The number of fused-ring (bicyclic) bond motifs is 3. The molecule has 1 aliphatic carbocycles. The van der Waals surface area contributed by atoms with Gasteiger partial charge >= 0.3 is 0 Å². The summed E-state index contributed by atoms with van der Waals surface area (Å²) in [6.45, 7) is 2.06. The van der Waals surface area contributed by atoms with Crippen molar-refractivity contribution in [3.8, 4) is 11.4 Å². The van der Waals surface area contributed by atoms with Crippen LogP contribution in [0.5, 0.6) is 5.75 Å². The Bertz CT molecular complexity index is 1280.